The number of amides is 2. The minimum atomic E-state index is -0.421. The first-order valence-corrected chi connectivity index (χ1v) is 9.29. The van der Waals surface area contributed by atoms with Gasteiger partial charge >= 0.3 is 6.03 Å². The number of nitrogens with one attached hydrogen (secondary N) is 2. The zero-order chi connectivity index (χ0) is 18.5. The number of hydrogen-bond acceptors (Lipinski definition) is 7. The Balaban J connectivity index is 1.36. The molecular formula is C18H17N5O3S. The van der Waals surface area contributed by atoms with Gasteiger partial charge in [-0.1, -0.05) is 6.07 Å². The number of aromatic nitrogens is 3. The summed E-state index contributed by atoms with van der Waals surface area (Å²) in [6.07, 6.45) is 4.25. The number of hydrogen-bond donors (Lipinski definition) is 2. The van der Waals surface area contributed by atoms with Gasteiger partial charge in [-0.2, -0.15) is 4.98 Å². The van der Waals surface area contributed by atoms with Gasteiger partial charge in [0.05, 0.1) is 13.2 Å². The molecule has 1 fully saturated rings. The number of carbonyl (C=O) groups excluding carboxylic acids is 1. The van der Waals surface area contributed by atoms with Gasteiger partial charge in [0.2, 0.25) is 5.88 Å². The number of urea groups is 1. The van der Waals surface area contributed by atoms with Crippen molar-refractivity contribution in [3.8, 4) is 16.5 Å². The molecule has 138 valence electrons. The van der Waals surface area contributed by atoms with Crippen molar-refractivity contribution in [3.63, 3.8) is 0 Å². The van der Waals surface area contributed by atoms with Gasteiger partial charge in [0.25, 0.3) is 0 Å². The van der Waals surface area contributed by atoms with Crippen LogP contribution in [0.5, 0.6) is 5.88 Å². The number of thiazole rings is 1. The van der Waals surface area contributed by atoms with Crippen molar-refractivity contribution in [2.75, 3.05) is 23.8 Å². The van der Waals surface area contributed by atoms with Gasteiger partial charge in [0.1, 0.15) is 22.7 Å². The summed E-state index contributed by atoms with van der Waals surface area (Å²) in [5.74, 6) is 1.32. The number of anilines is 2. The van der Waals surface area contributed by atoms with Crippen LogP contribution in [0.4, 0.5) is 16.4 Å². The minimum Gasteiger partial charge on any atom is -0.472 e. The molecule has 1 atom stereocenters. The third-order valence-electron chi connectivity index (χ3n) is 3.81. The average molecular weight is 383 g/mol. The molecule has 4 rings (SSSR count). The molecule has 2 N–H and O–H groups in total. The second-order valence-electron chi connectivity index (χ2n) is 5.82. The predicted molar refractivity (Wildman–Crippen MR) is 102 cm³/mol. The number of nitrogens with zero attached hydrogens (tertiary/aromatic N) is 3. The summed E-state index contributed by atoms with van der Waals surface area (Å²) in [7, 11) is 0. The van der Waals surface area contributed by atoms with Gasteiger partial charge in [0.15, 0.2) is 0 Å². The second-order valence-corrected chi connectivity index (χ2v) is 6.68. The van der Waals surface area contributed by atoms with Crippen molar-refractivity contribution < 1.29 is 14.3 Å². The summed E-state index contributed by atoms with van der Waals surface area (Å²) in [4.78, 5) is 24.9. The third-order valence-corrected chi connectivity index (χ3v) is 4.70. The Morgan fingerprint density at radius 3 is 2.81 bits per heavy atom. The summed E-state index contributed by atoms with van der Waals surface area (Å²) >= 11 is 1.44. The molecule has 0 bridgehead atoms. The summed E-state index contributed by atoms with van der Waals surface area (Å²) in [6, 6.07) is 8.54. The molecule has 3 aromatic rings. The van der Waals surface area contributed by atoms with E-state index in [2.05, 4.69) is 25.6 Å². The Kier molecular flexibility index (Phi) is 5.22. The van der Waals surface area contributed by atoms with Crippen LogP contribution in [-0.4, -0.2) is 40.3 Å². The third kappa shape index (κ3) is 4.57. The molecule has 2 amide bonds. The zero-order valence-electron chi connectivity index (χ0n) is 14.3. The SMILES string of the molecule is O=C(Nc1cccc(OC2CCOC2)n1)Nc1csc(-c2ccncc2)n1. The van der Waals surface area contributed by atoms with Gasteiger partial charge in [-0.3, -0.25) is 15.6 Å². The molecule has 0 radical (unpaired) electrons. The largest absolute Gasteiger partial charge is 0.472 e. The van der Waals surface area contributed by atoms with Crippen LogP contribution < -0.4 is 15.4 Å². The summed E-state index contributed by atoms with van der Waals surface area (Å²) in [5.41, 5.74) is 0.950. The predicted octanol–water partition coefficient (Wildman–Crippen LogP) is 3.41. The van der Waals surface area contributed by atoms with Crippen molar-refractivity contribution in [3.05, 3.63) is 48.1 Å². The Morgan fingerprint density at radius 2 is 2.00 bits per heavy atom. The lowest BCUT2D eigenvalue weighted by Crippen LogP contribution is -2.21. The van der Waals surface area contributed by atoms with Crippen molar-refractivity contribution in [2.24, 2.45) is 0 Å². The molecule has 0 spiro atoms. The van der Waals surface area contributed by atoms with Crippen molar-refractivity contribution in [2.45, 2.75) is 12.5 Å². The molecular weight excluding hydrogens is 366 g/mol. The van der Waals surface area contributed by atoms with E-state index in [4.69, 9.17) is 9.47 Å². The lowest BCUT2D eigenvalue weighted by Gasteiger charge is -2.12. The van der Waals surface area contributed by atoms with Gasteiger partial charge in [0, 0.05) is 35.8 Å². The van der Waals surface area contributed by atoms with E-state index >= 15 is 0 Å². The minimum absolute atomic E-state index is 0.00295. The first-order chi connectivity index (χ1) is 13.3. The number of ether oxygens (including phenoxy) is 2. The molecule has 0 saturated carbocycles. The van der Waals surface area contributed by atoms with E-state index in [0.717, 1.165) is 17.0 Å². The van der Waals surface area contributed by atoms with E-state index in [1.54, 1.807) is 36.0 Å². The molecule has 27 heavy (non-hydrogen) atoms. The van der Waals surface area contributed by atoms with Crippen LogP contribution in [0.1, 0.15) is 6.42 Å². The number of rotatable bonds is 5. The Bertz CT molecular complexity index is 912. The van der Waals surface area contributed by atoms with Gasteiger partial charge in [-0.15, -0.1) is 11.3 Å². The lowest BCUT2D eigenvalue weighted by molar-refractivity contribution is 0.138. The molecule has 1 aliphatic heterocycles. The Labute approximate surface area is 159 Å². The summed E-state index contributed by atoms with van der Waals surface area (Å²) in [6.45, 7) is 1.25. The molecule has 0 aliphatic carbocycles. The highest BCUT2D eigenvalue weighted by atomic mass is 32.1. The highest BCUT2D eigenvalue weighted by Crippen LogP contribution is 2.25. The van der Waals surface area contributed by atoms with E-state index < -0.39 is 6.03 Å². The second kappa shape index (κ2) is 8.11. The van der Waals surface area contributed by atoms with Crippen molar-refractivity contribution in [1.82, 2.24) is 15.0 Å². The van der Waals surface area contributed by atoms with E-state index in [0.29, 0.717) is 30.7 Å². The smallest absolute Gasteiger partial charge is 0.326 e. The molecule has 1 saturated heterocycles. The highest BCUT2D eigenvalue weighted by Gasteiger charge is 2.18. The van der Waals surface area contributed by atoms with Crippen LogP contribution >= 0.6 is 11.3 Å². The fourth-order valence-electron chi connectivity index (χ4n) is 2.55. The number of pyridine rings is 2. The Hall–Kier alpha value is -3.04. The van der Waals surface area contributed by atoms with E-state index in [-0.39, 0.29) is 6.10 Å². The molecule has 9 heteroatoms. The molecule has 1 aliphatic rings. The van der Waals surface area contributed by atoms with Gasteiger partial charge in [-0.25, -0.2) is 9.78 Å². The lowest BCUT2D eigenvalue weighted by atomic mass is 10.3. The quantitative estimate of drug-likeness (QED) is 0.701. The summed E-state index contributed by atoms with van der Waals surface area (Å²) in [5, 5.41) is 7.98. The molecule has 4 heterocycles. The first kappa shape index (κ1) is 17.4. The van der Waals surface area contributed by atoms with E-state index in [9.17, 15) is 4.79 Å². The van der Waals surface area contributed by atoms with Crippen LogP contribution in [0, 0.1) is 0 Å². The zero-order valence-corrected chi connectivity index (χ0v) is 15.1. The molecule has 0 aromatic carbocycles. The summed E-state index contributed by atoms with van der Waals surface area (Å²) < 4.78 is 11.0. The average Bonchev–Trinajstić information content (AvgIpc) is 3.35. The maximum atomic E-state index is 12.2. The fourth-order valence-corrected chi connectivity index (χ4v) is 3.31. The first-order valence-electron chi connectivity index (χ1n) is 8.42. The van der Waals surface area contributed by atoms with Crippen LogP contribution in [-0.2, 0) is 4.74 Å². The highest BCUT2D eigenvalue weighted by molar-refractivity contribution is 7.13. The van der Waals surface area contributed by atoms with Crippen molar-refractivity contribution >= 4 is 29.0 Å². The fraction of sp³-hybridized carbons (Fsp3) is 0.222. The van der Waals surface area contributed by atoms with Crippen molar-refractivity contribution in [1.29, 1.82) is 0 Å². The van der Waals surface area contributed by atoms with Crippen LogP contribution in [0.25, 0.3) is 10.6 Å². The van der Waals surface area contributed by atoms with Gasteiger partial charge < -0.3 is 9.47 Å². The normalized spacial score (nSPS) is 16.1. The van der Waals surface area contributed by atoms with E-state index in [1.807, 2.05) is 12.1 Å². The van der Waals surface area contributed by atoms with Crippen LogP contribution in [0.2, 0.25) is 0 Å². The Morgan fingerprint density at radius 1 is 1.15 bits per heavy atom. The van der Waals surface area contributed by atoms with Crippen LogP contribution in [0.15, 0.2) is 48.1 Å². The molecule has 3 aromatic heterocycles. The number of carbonyl (C=O) groups is 1. The topological polar surface area (TPSA) is 98.3 Å². The molecule has 8 nitrogen and oxygen atoms in total. The maximum Gasteiger partial charge on any atom is 0.326 e. The standard InChI is InChI=1S/C18H17N5O3S/c24-18(23-15-11-27-17(21-15)12-4-7-19-8-5-12)22-14-2-1-3-16(20-14)26-13-6-9-25-10-13/h1-5,7-8,11,13H,6,9-10H2,(H2,20,22,23,24). The van der Waals surface area contributed by atoms with Gasteiger partial charge in [-0.05, 0) is 18.2 Å². The maximum absolute atomic E-state index is 12.2. The molecule has 1 unspecified atom stereocenters. The monoisotopic (exact) mass is 383 g/mol. The van der Waals surface area contributed by atoms with Crippen LogP contribution in [0.3, 0.4) is 0 Å². The van der Waals surface area contributed by atoms with E-state index in [1.165, 1.54) is 11.3 Å².